The van der Waals surface area contributed by atoms with Crippen molar-refractivity contribution in [3.63, 3.8) is 0 Å². The lowest BCUT2D eigenvalue weighted by molar-refractivity contribution is -0.975. The zero-order valence-corrected chi connectivity index (χ0v) is 27.6. The molecule has 0 aliphatic heterocycles. The number of aliphatic carboxylic acids is 3. The molecular formula is C35H65NO6. The van der Waals surface area contributed by atoms with Gasteiger partial charge in [-0.2, -0.15) is 0 Å². The van der Waals surface area contributed by atoms with E-state index < -0.39 is 40.5 Å². The Kier molecular flexibility index (Phi) is 24.4. The number of carbonyl (C=O) groups is 3. The van der Waals surface area contributed by atoms with Crippen molar-refractivity contribution < 1.29 is 34.2 Å². The highest BCUT2D eigenvalue weighted by atomic mass is 16.4. The van der Waals surface area contributed by atoms with Gasteiger partial charge in [-0.25, -0.2) is 9.59 Å². The summed E-state index contributed by atoms with van der Waals surface area (Å²) in [5.41, 5.74) is 0. The van der Waals surface area contributed by atoms with Crippen LogP contribution in [-0.2, 0) is 14.4 Å². The molecule has 0 rings (SSSR count). The van der Waals surface area contributed by atoms with Gasteiger partial charge in [0.1, 0.15) is 6.04 Å². The van der Waals surface area contributed by atoms with E-state index in [4.69, 9.17) is 0 Å². The largest absolute Gasteiger partial charge is 0.544 e. The summed E-state index contributed by atoms with van der Waals surface area (Å²) in [6.45, 7) is 8.04. The summed E-state index contributed by atoms with van der Waals surface area (Å²) in [6, 6.07) is -3.32. The molecule has 42 heavy (non-hydrogen) atoms. The number of hydrogen-bond acceptors (Lipinski definition) is 4. The first-order chi connectivity index (χ1) is 20.2. The molecule has 3 unspecified atom stereocenters. The zero-order chi connectivity index (χ0) is 31.6. The molecule has 0 aliphatic carbocycles. The van der Waals surface area contributed by atoms with E-state index in [1.807, 2.05) is 20.8 Å². The first-order valence-corrected chi connectivity index (χ1v) is 17.4. The second kappa shape index (κ2) is 25.6. The summed E-state index contributed by atoms with van der Waals surface area (Å²) in [5.74, 6) is -3.55. The summed E-state index contributed by atoms with van der Waals surface area (Å²) < 4.78 is -0.433. The molecule has 0 aromatic carbocycles. The average molecular weight is 596 g/mol. The smallest absolute Gasteiger partial charge is 0.362 e. The van der Waals surface area contributed by atoms with Crippen LogP contribution in [0.25, 0.3) is 0 Å². The molecule has 0 saturated carbocycles. The van der Waals surface area contributed by atoms with Gasteiger partial charge in [0.05, 0.1) is 12.5 Å². The molecule has 0 aromatic rings. The SMILES string of the molecule is CCCC/C=C/CCCCCCCCCCCCCC[N+](C(CCC)C(=O)[O-])(C(CCC)C(=O)O)C(CCC)C(=O)O. The van der Waals surface area contributed by atoms with Crippen LogP contribution in [0, 0.1) is 0 Å². The molecule has 0 aliphatic rings. The van der Waals surface area contributed by atoms with Gasteiger partial charge in [0.2, 0.25) is 0 Å². The molecule has 3 atom stereocenters. The van der Waals surface area contributed by atoms with Crippen LogP contribution in [-0.4, -0.2) is 57.3 Å². The number of carboxylic acid groups (broad SMARTS) is 3. The van der Waals surface area contributed by atoms with Crippen molar-refractivity contribution in [2.45, 2.75) is 187 Å². The van der Waals surface area contributed by atoms with Crippen molar-refractivity contribution in [2.75, 3.05) is 6.54 Å². The second-order valence-electron chi connectivity index (χ2n) is 12.3. The Balaban J connectivity index is 4.89. The summed E-state index contributed by atoms with van der Waals surface area (Å²) in [5, 5.41) is 33.0. The monoisotopic (exact) mass is 595 g/mol. The van der Waals surface area contributed by atoms with Gasteiger partial charge in [0.15, 0.2) is 12.1 Å². The predicted octanol–water partition coefficient (Wildman–Crippen LogP) is 8.05. The van der Waals surface area contributed by atoms with Gasteiger partial charge >= 0.3 is 11.9 Å². The lowest BCUT2D eigenvalue weighted by Crippen LogP contribution is -2.74. The van der Waals surface area contributed by atoms with E-state index in [1.165, 1.54) is 77.0 Å². The zero-order valence-electron chi connectivity index (χ0n) is 27.6. The predicted molar refractivity (Wildman–Crippen MR) is 170 cm³/mol. The Labute approximate surface area is 257 Å². The van der Waals surface area contributed by atoms with Crippen molar-refractivity contribution >= 4 is 17.9 Å². The summed E-state index contributed by atoms with van der Waals surface area (Å²) in [6.07, 6.45) is 25.7. The maximum atomic E-state index is 12.6. The fraction of sp³-hybridized carbons (Fsp3) is 0.857. The van der Waals surface area contributed by atoms with Crippen LogP contribution in [0.15, 0.2) is 12.2 Å². The molecule has 7 heteroatoms. The molecule has 0 heterocycles. The number of quaternary nitrogens is 1. The highest BCUT2D eigenvalue weighted by Gasteiger charge is 2.54. The molecule has 0 saturated heterocycles. The number of allylic oxidation sites excluding steroid dienone is 2. The molecule has 246 valence electrons. The third-order valence-corrected chi connectivity index (χ3v) is 8.83. The molecule has 0 fully saturated rings. The van der Waals surface area contributed by atoms with Gasteiger partial charge in [0, 0.05) is 19.3 Å². The van der Waals surface area contributed by atoms with Gasteiger partial charge < -0.3 is 20.1 Å². The van der Waals surface area contributed by atoms with E-state index in [0.29, 0.717) is 25.7 Å². The maximum absolute atomic E-state index is 12.6. The normalized spacial score (nSPS) is 15.3. The number of hydrogen-bond donors (Lipinski definition) is 2. The van der Waals surface area contributed by atoms with Crippen LogP contribution in [0.3, 0.4) is 0 Å². The van der Waals surface area contributed by atoms with E-state index in [-0.39, 0.29) is 25.8 Å². The third kappa shape index (κ3) is 15.5. The van der Waals surface area contributed by atoms with E-state index in [9.17, 15) is 29.7 Å². The van der Waals surface area contributed by atoms with Crippen LogP contribution in [0.5, 0.6) is 0 Å². The third-order valence-electron chi connectivity index (χ3n) is 8.83. The quantitative estimate of drug-likeness (QED) is 0.0493. The Morgan fingerprint density at radius 3 is 1.26 bits per heavy atom. The van der Waals surface area contributed by atoms with Crippen LogP contribution in [0.2, 0.25) is 0 Å². The molecule has 2 N–H and O–H groups in total. The fourth-order valence-electron chi connectivity index (χ4n) is 6.61. The minimum Gasteiger partial charge on any atom is -0.544 e. The molecule has 7 nitrogen and oxygen atoms in total. The van der Waals surface area contributed by atoms with Crippen molar-refractivity contribution in [3.05, 3.63) is 12.2 Å². The first-order valence-electron chi connectivity index (χ1n) is 17.4. The van der Waals surface area contributed by atoms with Gasteiger partial charge in [-0.05, 0) is 44.9 Å². The van der Waals surface area contributed by atoms with Gasteiger partial charge in [-0.15, -0.1) is 0 Å². The lowest BCUT2D eigenvalue weighted by atomic mass is 9.91. The van der Waals surface area contributed by atoms with Crippen LogP contribution in [0.1, 0.15) is 169 Å². The Hall–Kier alpha value is -1.89. The molecule has 0 amide bonds. The molecule has 0 aromatic heterocycles. The number of nitrogens with zero attached hydrogens (tertiary/aromatic N) is 1. The maximum Gasteiger partial charge on any atom is 0.362 e. The minimum atomic E-state index is -1.33. The van der Waals surface area contributed by atoms with E-state index in [1.54, 1.807) is 0 Å². The molecule has 0 spiro atoms. The van der Waals surface area contributed by atoms with Gasteiger partial charge in [-0.3, -0.25) is 4.48 Å². The Morgan fingerprint density at radius 2 is 0.905 bits per heavy atom. The number of rotatable bonds is 30. The summed E-state index contributed by atoms with van der Waals surface area (Å²) in [7, 11) is 0. The van der Waals surface area contributed by atoms with Crippen LogP contribution >= 0.6 is 0 Å². The van der Waals surface area contributed by atoms with Crippen molar-refractivity contribution in [1.82, 2.24) is 0 Å². The van der Waals surface area contributed by atoms with Crippen molar-refractivity contribution in [1.29, 1.82) is 0 Å². The second-order valence-corrected chi connectivity index (χ2v) is 12.3. The standard InChI is InChI=1S/C35H65NO6/c1-5-9-10-11-12-13-14-15-16-17-18-19-20-21-22-23-24-25-29-36(30(26-6-2)33(37)38,31(27-7-3)34(39)40)32(28-8-4)35(41)42/h11-12,30-32H,5-10,13-29H2,1-4H3,(H2-,37,38,39,40,41,42)/b12-11+. The van der Waals surface area contributed by atoms with Crippen LogP contribution < -0.4 is 5.11 Å². The van der Waals surface area contributed by atoms with Gasteiger partial charge in [-0.1, -0.05) is 117 Å². The van der Waals surface area contributed by atoms with Crippen molar-refractivity contribution in [2.24, 2.45) is 0 Å². The van der Waals surface area contributed by atoms with E-state index in [0.717, 1.165) is 19.3 Å². The fourth-order valence-corrected chi connectivity index (χ4v) is 6.61. The summed E-state index contributed by atoms with van der Waals surface area (Å²) >= 11 is 0. The Morgan fingerprint density at radius 1 is 0.548 bits per heavy atom. The number of unbranched alkanes of at least 4 members (excludes halogenated alkanes) is 14. The van der Waals surface area contributed by atoms with E-state index in [2.05, 4.69) is 19.1 Å². The van der Waals surface area contributed by atoms with Crippen molar-refractivity contribution in [3.8, 4) is 0 Å². The average Bonchev–Trinajstić information content (AvgIpc) is 2.95. The first kappa shape index (κ1) is 40.1. The highest BCUT2D eigenvalue weighted by molar-refractivity contribution is 5.77. The molecular weight excluding hydrogens is 530 g/mol. The molecule has 0 bridgehead atoms. The number of carbonyl (C=O) groups excluding carboxylic acids is 1. The van der Waals surface area contributed by atoms with E-state index >= 15 is 0 Å². The minimum absolute atomic E-state index is 0.208. The highest BCUT2D eigenvalue weighted by Crippen LogP contribution is 2.34. The lowest BCUT2D eigenvalue weighted by Gasteiger charge is -2.52. The topological polar surface area (TPSA) is 115 Å². The van der Waals surface area contributed by atoms with Crippen LogP contribution in [0.4, 0.5) is 0 Å². The Bertz CT molecular complexity index is 677. The van der Waals surface area contributed by atoms with Gasteiger partial charge in [0.25, 0.3) is 0 Å². The number of carboxylic acids is 3. The summed E-state index contributed by atoms with van der Waals surface area (Å²) in [4.78, 5) is 37.6. The molecule has 0 radical (unpaired) electrons.